The molecule has 2 aromatic carbocycles. The highest BCUT2D eigenvalue weighted by atomic mass is 32.2. The average molecular weight is 421 g/mol. The third kappa shape index (κ3) is 5.91. The van der Waals surface area contributed by atoms with Crippen LogP contribution in [0.2, 0.25) is 0 Å². The third-order valence-electron chi connectivity index (χ3n) is 4.14. The highest BCUT2D eigenvalue weighted by Gasteiger charge is 2.13. The van der Waals surface area contributed by atoms with Crippen molar-refractivity contribution in [2.24, 2.45) is 0 Å². The summed E-state index contributed by atoms with van der Waals surface area (Å²) < 4.78 is 32.2. The number of furan rings is 1. The summed E-state index contributed by atoms with van der Waals surface area (Å²) in [6, 6.07) is 18.6. The van der Waals surface area contributed by atoms with E-state index in [1.54, 1.807) is 54.6 Å². The van der Waals surface area contributed by atoms with Crippen LogP contribution in [0.5, 0.6) is 0 Å². The van der Waals surface area contributed by atoms with Crippen LogP contribution in [0, 0.1) is 11.3 Å². The van der Waals surface area contributed by atoms with Crippen LogP contribution < -0.4 is 10.0 Å². The molecule has 1 heterocycles. The average Bonchev–Trinajstić information content (AvgIpc) is 3.27. The fourth-order valence-corrected chi connectivity index (χ4v) is 3.57. The van der Waals surface area contributed by atoms with Crippen molar-refractivity contribution in [1.29, 1.82) is 5.26 Å². The highest BCUT2D eigenvalue weighted by molar-refractivity contribution is 7.89. The van der Waals surface area contributed by atoms with Gasteiger partial charge in [-0.2, -0.15) is 5.26 Å². The van der Waals surface area contributed by atoms with Crippen LogP contribution in [0.25, 0.3) is 6.08 Å². The van der Waals surface area contributed by atoms with Crippen molar-refractivity contribution < 1.29 is 17.6 Å². The van der Waals surface area contributed by atoms with Crippen LogP contribution in [0.4, 0.5) is 5.69 Å². The second-order valence-electron chi connectivity index (χ2n) is 6.33. The molecule has 152 valence electrons. The predicted octanol–water partition coefficient (Wildman–Crippen LogP) is 3.48. The van der Waals surface area contributed by atoms with E-state index in [0.29, 0.717) is 23.4 Å². The van der Waals surface area contributed by atoms with E-state index in [9.17, 15) is 13.2 Å². The molecule has 0 radical (unpaired) electrons. The molecule has 0 saturated heterocycles. The van der Waals surface area contributed by atoms with E-state index in [1.807, 2.05) is 0 Å². The van der Waals surface area contributed by atoms with E-state index in [1.165, 1.54) is 24.5 Å². The number of hydrogen-bond donors (Lipinski definition) is 2. The topological polar surface area (TPSA) is 112 Å². The number of carbonyl (C=O) groups is 1. The van der Waals surface area contributed by atoms with E-state index in [0.717, 1.165) is 5.56 Å². The van der Waals surface area contributed by atoms with Crippen molar-refractivity contribution in [3.63, 3.8) is 0 Å². The molecule has 0 unspecified atom stereocenters. The molecule has 0 bridgehead atoms. The van der Waals surface area contributed by atoms with Crippen molar-refractivity contribution in [2.75, 3.05) is 5.32 Å². The highest BCUT2D eigenvalue weighted by Crippen LogP contribution is 2.13. The molecule has 7 nitrogen and oxygen atoms in total. The zero-order valence-corrected chi connectivity index (χ0v) is 16.7. The largest absolute Gasteiger partial charge is 0.468 e. The first-order valence-corrected chi connectivity index (χ1v) is 10.5. The Morgan fingerprint density at radius 3 is 2.43 bits per heavy atom. The zero-order valence-electron chi connectivity index (χ0n) is 15.9. The van der Waals surface area contributed by atoms with Gasteiger partial charge in [-0.3, -0.25) is 4.79 Å². The summed E-state index contributed by atoms with van der Waals surface area (Å²) in [5, 5.41) is 11.4. The minimum absolute atomic E-state index is 0.0641. The number of hydrogen-bond acceptors (Lipinski definition) is 5. The molecule has 0 atom stereocenters. The molecule has 8 heteroatoms. The lowest BCUT2D eigenvalue weighted by Crippen LogP contribution is -2.22. The quantitative estimate of drug-likeness (QED) is 0.541. The van der Waals surface area contributed by atoms with Crippen LogP contribution >= 0.6 is 0 Å². The van der Waals surface area contributed by atoms with Gasteiger partial charge in [0.15, 0.2) is 0 Å². The van der Waals surface area contributed by atoms with Gasteiger partial charge in [0.1, 0.15) is 5.76 Å². The van der Waals surface area contributed by atoms with Gasteiger partial charge in [0.05, 0.1) is 30.2 Å². The molecule has 3 aromatic rings. The van der Waals surface area contributed by atoms with Crippen LogP contribution in [-0.2, 0) is 27.8 Å². The fourth-order valence-electron chi connectivity index (χ4n) is 2.57. The number of sulfonamides is 1. The molecule has 0 aliphatic heterocycles. The number of benzene rings is 2. The molecule has 0 saturated carbocycles. The normalized spacial score (nSPS) is 11.3. The first-order valence-electron chi connectivity index (χ1n) is 9.03. The van der Waals surface area contributed by atoms with E-state index in [-0.39, 0.29) is 17.3 Å². The lowest BCUT2D eigenvalue weighted by Gasteiger charge is -2.06. The summed E-state index contributed by atoms with van der Waals surface area (Å²) in [5.74, 6) is 0.198. The summed E-state index contributed by atoms with van der Waals surface area (Å²) in [7, 11) is -3.67. The summed E-state index contributed by atoms with van der Waals surface area (Å²) in [4.78, 5) is 12.2. The standard InChI is InChI=1S/C22H19N3O4S/c23-14-13-18-3-8-19(9-4-18)25-22(26)12-7-17-5-10-21(11-6-17)30(27,28)24-16-20-2-1-15-29-20/h1-12,15,24H,13,16H2,(H,25,26)/b12-7+. The van der Waals surface area contributed by atoms with Crippen LogP contribution in [-0.4, -0.2) is 14.3 Å². The zero-order chi connectivity index (χ0) is 21.4. The molecular formula is C22H19N3O4S. The molecule has 0 spiro atoms. The predicted molar refractivity (Wildman–Crippen MR) is 113 cm³/mol. The number of nitriles is 1. The fraction of sp³-hybridized carbons (Fsp3) is 0.0909. The molecule has 0 aliphatic carbocycles. The Bertz CT molecular complexity index is 1160. The van der Waals surface area contributed by atoms with Gasteiger partial charge in [0, 0.05) is 11.8 Å². The number of amides is 1. The Hall–Kier alpha value is -3.67. The van der Waals surface area contributed by atoms with Crippen molar-refractivity contribution in [2.45, 2.75) is 17.9 Å². The summed E-state index contributed by atoms with van der Waals surface area (Å²) >= 11 is 0. The Morgan fingerprint density at radius 2 is 1.80 bits per heavy atom. The third-order valence-corrected chi connectivity index (χ3v) is 5.56. The minimum atomic E-state index is -3.67. The van der Waals surface area contributed by atoms with Crippen LogP contribution in [0.1, 0.15) is 16.9 Å². The summed E-state index contributed by atoms with van der Waals surface area (Å²) in [6.45, 7) is 0.0641. The van der Waals surface area contributed by atoms with Crippen molar-refractivity contribution in [3.05, 3.63) is 89.9 Å². The maximum atomic E-state index is 12.3. The van der Waals surface area contributed by atoms with Gasteiger partial charge in [-0.15, -0.1) is 0 Å². The van der Waals surface area contributed by atoms with Crippen molar-refractivity contribution >= 4 is 27.7 Å². The summed E-state index contributed by atoms with van der Waals surface area (Å²) in [6.07, 6.45) is 4.75. The van der Waals surface area contributed by atoms with E-state index in [4.69, 9.17) is 9.68 Å². The lowest BCUT2D eigenvalue weighted by molar-refractivity contribution is -0.111. The Balaban J connectivity index is 1.57. The van der Waals surface area contributed by atoms with Crippen molar-refractivity contribution in [1.82, 2.24) is 4.72 Å². The Morgan fingerprint density at radius 1 is 1.07 bits per heavy atom. The molecule has 30 heavy (non-hydrogen) atoms. The number of rotatable bonds is 8. The molecule has 2 N–H and O–H groups in total. The van der Waals surface area contributed by atoms with Gasteiger partial charge >= 0.3 is 0 Å². The molecule has 0 aliphatic rings. The first kappa shape index (κ1) is 21.0. The number of anilines is 1. The van der Waals surface area contributed by atoms with Crippen LogP contribution in [0.3, 0.4) is 0 Å². The van der Waals surface area contributed by atoms with Crippen molar-refractivity contribution in [3.8, 4) is 6.07 Å². The molecule has 1 aromatic heterocycles. The van der Waals surface area contributed by atoms with E-state index >= 15 is 0 Å². The Kier molecular flexibility index (Phi) is 6.80. The van der Waals surface area contributed by atoms with Gasteiger partial charge in [0.25, 0.3) is 0 Å². The smallest absolute Gasteiger partial charge is 0.248 e. The minimum Gasteiger partial charge on any atom is -0.468 e. The Labute approximate surface area is 174 Å². The van der Waals surface area contributed by atoms with Gasteiger partial charge in [-0.05, 0) is 53.6 Å². The molecule has 0 fully saturated rings. The monoisotopic (exact) mass is 421 g/mol. The maximum absolute atomic E-state index is 12.3. The van der Waals surface area contributed by atoms with Crippen LogP contribution in [0.15, 0.2) is 82.3 Å². The van der Waals surface area contributed by atoms with Gasteiger partial charge in [-0.25, -0.2) is 13.1 Å². The van der Waals surface area contributed by atoms with Gasteiger partial charge < -0.3 is 9.73 Å². The SMILES string of the molecule is N#CCc1ccc(NC(=O)/C=C/c2ccc(S(=O)(=O)NCc3ccco3)cc2)cc1. The lowest BCUT2D eigenvalue weighted by atomic mass is 10.1. The molecular weight excluding hydrogens is 402 g/mol. The van der Waals surface area contributed by atoms with Gasteiger partial charge in [-0.1, -0.05) is 24.3 Å². The van der Waals surface area contributed by atoms with Gasteiger partial charge in [0.2, 0.25) is 15.9 Å². The molecule has 1 amide bonds. The second kappa shape index (κ2) is 9.69. The van der Waals surface area contributed by atoms with E-state index < -0.39 is 10.0 Å². The second-order valence-corrected chi connectivity index (χ2v) is 8.09. The number of nitrogens with one attached hydrogen (secondary N) is 2. The first-order chi connectivity index (χ1) is 14.5. The summed E-state index contributed by atoms with van der Waals surface area (Å²) in [5.41, 5.74) is 2.18. The molecule has 3 rings (SSSR count). The van der Waals surface area contributed by atoms with E-state index in [2.05, 4.69) is 16.1 Å². The number of nitrogens with zero attached hydrogens (tertiary/aromatic N) is 1. The maximum Gasteiger partial charge on any atom is 0.248 e. The number of carbonyl (C=O) groups excluding carboxylic acids is 1.